The third-order valence-corrected chi connectivity index (χ3v) is 4.42. The molecule has 0 spiro atoms. The van der Waals surface area contributed by atoms with Crippen molar-refractivity contribution in [1.29, 1.82) is 0 Å². The molecule has 0 aliphatic rings. The van der Waals surface area contributed by atoms with E-state index in [2.05, 4.69) is 22.5 Å². The van der Waals surface area contributed by atoms with Crippen molar-refractivity contribution in [2.75, 3.05) is 11.9 Å². The second-order valence-corrected chi connectivity index (χ2v) is 6.62. The first-order valence-electron chi connectivity index (χ1n) is 9.15. The van der Waals surface area contributed by atoms with Gasteiger partial charge in [-0.25, -0.2) is 4.98 Å². The smallest absolute Gasteiger partial charge is 0.272 e. The Bertz CT molecular complexity index is 991. The summed E-state index contributed by atoms with van der Waals surface area (Å²) in [6.45, 7) is 6.47. The molecule has 6 heteroatoms. The van der Waals surface area contributed by atoms with E-state index < -0.39 is 0 Å². The summed E-state index contributed by atoms with van der Waals surface area (Å²) in [5, 5.41) is 5.73. The summed E-state index contributed by atoms with van der Waals surface area (Å²) in [6.07, 6.45) is 3.73. The number of aromatic nitrogens is 2. The maximum Gasteiger partial charge on any atom is 0.272 e. The number of rotatable bonds is 6. The number of hydrogen-bond acceptors (Lipinski definition) is 3. The van der Waals surface area contributed by atoms with Gasteiger partial charge in [-0.05, 0) is 43.5 Å². The number of pyridine rings is 1. The lowest BCUT2D eigenvalue weighted by Crippen LogP contribution is -2.27. The molecule has 6 nitrogen and oxygen atoms in total. The number of hydrogen-bond donors (Lipinski definition) is 2. The van der Waals surface area contributed by atoms with E-state index in [1.165, 1.54) is 0 Å². The predicted octanol–water partition coefficient (Wildman–Crippen LogP) is 3.73. The van der Waals surface area contributed by atoms with Crippen LogP contribution >= 0.6 is 0 Å². The number of aryl methyl sites for hydroxylation is 2. The lowest BCUT2D eigenvalue weighted by molar-refractivity contribution is 0.0948. The van der Waals surface area contributed by atoms with Gasteiger partial charge in [-0.2, -0.15) is 0 Å². The molecule has 0 saturated carbocycles. The van der Waals surface area contributed by atoms with Crippen molar-refractivity contribution in [3.63, 3.8) is 0 Å². The summed E-state index contributed by atoms with van der Waals surface area (Å²) >= 11 is 0. The van der Waals surface area contributed by atoms with Crippen LogP contribution in [-0.2, 0) is 0 Å². The van der Waals surface area contributed by atoms with Gasteiger partial charge in [-0.3, -0.25) is 14.0 Å². The van der Waals surface area contributed by atoms with Crippen molar-refractivity contribution in [3.05, 3.63) is 65.0 Å². The van der Waals surface area contributed by atoms with E-state index >= 15 is 0 Å². The summed E-state index contributed by atoms with van der Waals surface area (Å²) in [5.41, 5.74) is 3.37. The van der Waals surface area contributed by atoms with Gasteiger partial charge in [-0.15, -0.1) is 0 Å². The Balaban J connectivity index is 1.98. The van der Waals surface area contributed by atoms with E-state index in [9.17, 15) is 9.59 Å². The third kappa shape index (κ3) is 4.00. The average Bonchev–Trinajstić information content (AvgIpc) is 2.99. The fourth-order valence-corrected chi connectivity index (χ4v) is 2.92. The SMILES string of the molecule is CCCCNC(=O)c1c(NC(=O)c2ccccc2C)nc2ccc(C)cn12. The second-order valence-electron chi connectivity index (χ2n) is 6.62. The lowest BCUT2D eigenvalue weighted by Gasteiger charge is -2.09. The van der Waals surface area contributed by atoms with E-state index in [1.54, 1.807) is 10.5 Å². The molecule has 3 rings (SSSR count). The number of imidazole rings is 1. The van der Waals surface area contributed by atoms with Crippen LogP contribution in [-0.4, -0.2) is 27.7 Å². The van der Waals surface area contributed by atoms with Crippen LogP contribution in [0.15, 0.2) is 42.6 Å². The largest absolute Gasteiger partial charge is 0.351 e. The lowest BCUT2D eigenvalue weighted by atomic mass is 10.1. The molecular weight excluding hydrogens is 340 g/mol. The maximum atomic E-state index is 12.8. The van der Waals surface area contributed by atoms with Crippen molar-refractivity contribution in [2.24, 2.45) is 0 Å². The van der Waals surface area contributed by atoms with Gasteiger partial charge in [-0.1, -0.05) is 37.6 Å². The zero-order valence-corrected chi connectivity index (χ0v) is 15.9. The molecule has 2 aromatic heterocycles. The molecule has 0 fully saturated rings. The van der Waals surface area contributed by atoms with Gasteiger partial charge in [0.15, 0.2) is 11.5 Å². The van der Waals surface area contributed by atoms with Crippen molar-refractivity contribution in [1.82, 2.24) is 14.7 Å². The van der Waals surface area contributed by atoms with Crippen LogP contribution in [0.4, 0.5) is 5.82 Å². The van der Waals surface area contributed by atoms with E-state index in [-0.39, 0.29) is 17.6 Å². The molecule has 0 aliphatic carbocycles. The highest BCUT2D eigenvalue weighted by atomic mass is 16.2. The third-order valence-electron chi connectivity index (χ3n) is 4.42. The number of anilines is 1. The zero-order valence-electron chi connectivity index (χ0n) is 15.9. The second kappa shape index (κ2) is 8.03. The Kier molecular flexibility index (Phi) is 5.54. The first-order valence-corrected chi connectivity index (χ1v) is 9.15. The number of fused-ring (bicyclic) bond motifs is 1. The van der Waals surface area contributed by atoms with Gasteiger partial charge in [0.1, 0.15) is 5.65 Å². The summed E-state index contributed by atoms with van der Waals surface area (Å²) in [6, 6.07) is 11.1. The number of unbranched alkanes of at least 4 members (excludes halogenated alkanes) is 1. The predicted molar refractivity (Wildman–Crippen MR) is 106 cm³/mol. The molecule has 140 valence electrons. The van der Waals surface area contributed by atoms with Crippen LogP contribution in [0.5, 0.6) is 0 Å². The van der Waals surface area contributed by atoms with Crippen LogP contribution in [0.2, 0.25) is 0 Å². The molecule has 3 aromatic rings. The molecule has 1 aromatic carbocycles. The van der Waals surface area contributed by atoms with Crippen LogP contribution in [0, 0.1) is 13.8 Å². The maximum absolute atomic E-state index is 12.8. The zero-order chi connectivity index (χ0) is 19.4. The highest BCUT2D eigenvalue weighted by molar-refractivity contribution is 6.08. The van der Waals surface area contributed by atoms with Gasteiger partial charge in [0.2, 0.25) is 0 Å². The molecule has 2 heterocycles. The number of carbonyl (C=O) groups is 2. The number of benzene rings is 1. The number of nitrogens with zero attached hydrogens (tertiary/aromatic N) is 2. The Morgan fingerprint density at radius 2 is 1.85 bits per heavy atom. The minimum atomic E-state index is -0.282. The summed E-state index contributed by atoms with van der Waals surface area (Å²) in [4.78, 5) is 30.0. The van der Waals surface area contributed by atoms with E-state index in [0.29, 0.717) is 23.4 Å². The fraction of sp³-hybridized carbons (Fsp3) is 0.286. The number of amides is 2. The van der Waals surface area contributed by atoms with Crippen molar-refractivity contribution < 1.29 is 9.59 Å². The normalized spacial score (nSPS) is 10.8. The standard InChI is InChI=1S/C21H24N4O2/c1-4-5-12-22-21(27)18-19(23-17-11-10-14(2)13-25(17)18)24-20(26)16-9-7-6-8-15(16)3/h6-11,13H,4-5,12H2,1-3H3,(H,22,27)(H,24,26). The van der Waals surface area contributed by atoms with Gasteiger partial charge >= 0.3 is 0 Å². The summed E-state index contributed by atoms with van der Waals surface area (Å²) in [5.74, 6) is -0.264. The first-order chi connectivity index (χ1) is 13.0. The Hall–Kier alpha value is -3.15. The van der Waals surface area contributed by atoms with Crippen molar-refractivity contribution >= 4 is 23.3 Å². The molecule has 2 N–H and O–H groups in total. The minimum absolute atomic E-state index is 0.248. The Morgan fingerprint density at radius 1 is 1.07 bits per heavy atom. The van der Waals surface area contributed by atoms with Crippen molar-refractivity contribution in [2.45, 2.75) is 33.6 Å². The van der Waals surface area contributed by atoms with Crippen LogP contribution < -0.4 is 10.6 Å². The Labute approximate surface area is 158 Å². The fourth-order valence-electron chi connectivity index (χ4n) is 2.92. The molecule has 0 unspecified atom stereocenters. The molecule has 0 bridgehead atoms. The van der Waals surface area contributed by atoms with Crippen molar-refractivity contribution in [3.8, 4) is 0 Å². The molecular formula is C21H24N4O2. The van der Waals surface area contributed by atoms with E-state index in [0.717, 1.165) is 24.0 Å². The van der Waals surface area contributed by atoms with Crippen LogP contribution in [0.3, 0.4) is 0 Å². The van der Waals surface area contributed by atoms with E-state index in [1.807, 2.05) is 50.4 Å². The number of carbonyl (C=O) groups excluding carboxylic acids is 2. The monoisotopic (exact) mass is 364 g/mol. The van der Waals surface area contributed by atoms with Crippen LogP contribution in [0.25, 0.3) is 5.65 Å². The molecule has 27 heavy (non-hydrogen) atoms. The quantitative estimate of drug-likeness (QED) is 0.654. The van der Waals surface area contributed by atoms with E-state index in [4.69, 9.17) is 0 Å². The summed E-state index contributed by atoms with van der Waals surface area (Å²) in [7, 11) is 0. The van der Waals surface area contributed by atoms with Gasteiger partial charge in [0.05, 0.1) is 0 Å². The first kappa shape index (κ1) is 18.6. The summed E-state index contributed by atoms with van der Waals surface area (Å²) < 4.78 is 1.73. The molecule has 0 atom stereocenters. The minimum Gasteiger partial charge on any atom is -0.351 e. The molecule has 0 radical (unpaired) electrons. The highest BCUT2D eigenvalue weighted by Crippen LogP contribution is 2.20. The molecule has 0 saturated heterocycles. The number of nitrogens with one attached hydrogen (secondary N) is 2. The van der Waals surface area contributed by atoms with Gasteiger partial charge < -0.3 is 10.6 Å². The highest BCUT2D eigenvalue weighted by Gasteiger charge is 2.21. The topological polar surface area (TPSA) is 75.5 Å². The molecule has 0 aliphatic heterocycles. The van der Waals surface area contributed by atoms with Gasteiger partial charge in [0, 0.05) is 18.3 Å². The van der Waals surface area contributed by atoms with Crippen LogP contribution in [0.1, 0.15) is 51.7 Å². The molecule has 2 amide bonds. The van der Waals surface area contributed by atoms with Gasteiger partial charge in [0.25, 0.3) is 11.8 Å². The Morgan fingerprint density at radius 3 is 2.59 bits per heavy atom. The average molecular weight is 364 g/mol.